The lowest BCUT2D eigenvalue weighted by atomic mass is 9.89. The molecule has 0 aromatic carbocycles. The molecule has 2 aliphatic heterocycles. The Labute approximate surface area is 167 Å². The second kappa shape index (κ2) is 10.9. The predicted molar refractivity (Wildman–Crippen MR) is 105 cm³/mol. The first kappa shape index (κ1) is 21.3. The maximum absolute atomic E-state index is 12.4. The summed E-state index contributed by atoms with van der Waals surface area (Å²) in [7, 11) is 0. The lowest BCUT2D eigenvalue weighted by Crippen LogP contribution is -2.51. The van der Waals surface area contributed by atoms with Crippen molar-refractivity contribution >= 4 is 11.8 Å². The van der Waals surface area contributed by atoms with Gasteiger partial charge in [-0.1, -0.05) is 31.4 Å². The summed E-state index contributed by atoms with van der Waals surface area (Å²) >= 11 is 0. The minimum atomic E-state index is -0.537. The van der Waals surface area contributed by atoms with Gasteiger partial charge in [-0.25, -0.2) is 0 Å². The van der Waals surface area contributed by atoms with Gasteiger partial charge in [0.1, 0.15) is 6.10 Å². The quantitative estimate of drug-likeness (QED) is 0.566. The van der Waals surface area contributed by atoms with E-state index in [1.165, 1.54) is 32.1 Å². The molecular formula is C21H34N2O5. The number of nitrogens with one attached hydrogen (secondary N) is 2. The number of carbonyl (C=O) groups is 2. The van der Waals surface area contributed by atoms with Gasteiger partial charge in [0.2, 0.25) is 11.8 Å². The molecule has 3 rings (SSSR count). The zero-order chi connectivity index (χ0) is 19.8. The van der Waals surface area contributed by atoms with Gasteiger partial charge < -0.3 is 25.2 Å². The summed E-state index contributed by atoms with van der Waals surface area (Å²) in [5.74, 6) is 0.491. The lowest BCUT2D eigenvalue weighted by Gasteiger charge is -2.33. The van der Waals surface area contributed by atoms with Crippen LogP contribution in [-0.2, 0) is 19.1 Å². The molecule has 28 heavy (non-hydrogen) atoms. The minimum Gasteiger partial charge on any atom is -0.394 e. The molecule has 2 fully saturated rings. The first-order chi connectivity index (χ1) is 13.7. The van der Waals surface area contributed by atoms with Crippen LogP contribution in [0.15, 0.2) is 12.2 Å². The third-order valence-electron chi connectivity index (χ3n) is 6.06. The van der Waals surface area contributed by atoms with Gasteiger partial charge in [-0.2, -0.15) is 0 Å². The van der Waals surface area contributed by atoms with Crippen molar-refractivity contribution in [3.05, 3.63) is 12.2 Å². The third-order valence-corrected chi connectivity index (χ3v) is 6.06. The highest BCUT2D eigenvalue weighted by molar-refractivity contribution is 5.79. The molecule has 3 N–H and O–H groups in total. The van der Waals surface area contributed by atoms with Crippen molar-refractivity contribution in [2.24, 2.45) is 11.8 Å². The molecule has 3 aliphatic rings. The first-order valence-electron chi connectivity index (χ1n) is 10.7. The Morgan fingerprint density at radius 3 is 2.50 bits per heavy atom. The van der Waals surface area contributed by atoms with Gasteiger partial charge in [0.25, 0.3) is 0 Å². The fraction of sp³-hybridized carbons (Fsp3) is 0.810. The Morgan fingerprint density at radius 1 is 1.04 bits per heavy atom. The molecule has 2 amide bonds. The maximum Gasteiger partial charge on any atom is 0.223 e. The van der Waals surface area contributed by atoms with Crippen molar-refractivity contribution in [2.45, 2.75) is 69.6 Å². The van der Waals surface area contributed by atoms with Crippen LogP contribution in [0.4, 0.5) is 0 Å². The van der Waals surface area contributed by atoms with Crippen molar-refractivity contribution in [3.63, 3.8) is 0 Å². The topological polar surface area (TPSA) is 96.9 Å². The molecule has 1 saturated carbocycles. The van der Waals surface area contributed by atoms with Crippen LogP contribution in [0, 0.1) is 11.8 Å². The van der Waals surface area contributed by atoms with Crippen molar-refractivity contribution in [1.29, 1.82) is 0 Å². The van der Waals surface area contributed by atoms with Crippen LogP contribution in [0.1, 0.15) is 51.4 Å². The number of hydrogen-bond acceptors (Lipinski definition) is 5. The average molecular weight is 395 g/mol. The van der Waals surface area contributed by atoms with Crippen molar-refractivity contribution in [1.82, 2.24) is 10.6 Å². The molecule has 2 heterocycles. The molecule has 7 nitrogen and oxygen atoms in total. The third kappa shape index (κ3) is 6.29. The van der Waals surface area contributed by atoms with E-state index < -0.39 is 6.10 Å². The smallest absolute Gasteiger partial charge is 0.223 e. The van der Waals surface area contributed by atoms with Gasteiger partial charge in [-0.15, -0.1) is 0 Å². The zero-order valence-corrected chi connectivity index (χ0v) is 16.6. The summed E-state index contributed by atoms with van der Waals surface area (Å²) in [6.45, 7) is 1.75. The molecule has 0 aromatic rings. The van der Waals surface area contributed by atoms with Crippen LogP contribution in [0.3, 0.4) is 0 Å². The fourth-order valence-corrected chi connectivity index (χ4v) is 4.28. The van der Waals surface area contributed by atoms with Gasteiger partial charge in [-0.3, -0.25) is 9.59 Å². The van der Waals surface area contributed by atoms with Crippen molar-refractivity contribution in [2.75, 3.05) is 26.4 Å². The Balaban J connectivity index is 1.44. The normalized spacial score (nSPS) is 29.4. The molecule has 0 aromatic heterocycles. The maximum atomic E-state index is 12.4. The SMILES string of the molecule is O=C(C[C@H]1C=C[C@H](NC(=O)C2CCOCC2)[C@H](CO)O1)NCC1CCCCC1. The number of amides is 2. The summed E-state index contributed by atoms with van der Waals surface area (Å²) in [6, 6.07) is -0.373. The van der Waals surface area contributed by atoms with Gasteiger partial charge in [0.15, 0.2) is 0 Å². The first-order valence-corrected chi connectivity index (χ1v) is 10.7. The van der Waals surface area contributed by atoms with E-state index in [0.717, 1.165) is 19.4 Å². The summed E-state index contributed by atoms with van der Waals surface area (Å²) in [5, 5.41) is 15.7. The molecule has 158 valence electrons. The molecule has 1 saturated heterocycles. The number of rotatable bonds is 7. The summed E-state index contributed by atoms with van der Waals surface area (Å²) in [6.07, 6.45) is 10.6. The highest BCUT2D eigenvalue weighted by Gasteiger charge is 2.31. The summed E-state index contributed by atoms with van der Waals surface area (Å²) in [5.41, 5.74) is 0. The van der Waals surface area contributed by atoms with Crippen LogP contribution in [0.5, 0.6) is 0 Å². The molecule has 0 radical (unpaired) electrons. The van der Waals surface area contributed by atoms with E-state index in [1.54, 1.807) is 0 Å². The molecular weight excluding hydrogens is 360 g/mol. The van der Waals surface area contributed by atoms with Crippen molar-refractivity contribution < 1.29 is 24.2 Å². The van der Waals surface area contributed by atoms with Gasteiger partial charge in [0, 0.05) is 25.7 Å². The van der Waals surface area contributed by atoms with E-state index >= 15 is 0 Å². The summed E-state index contributed by atoms with van der Waals surface area (Å²) < 4.78 is 11.2. The van der Waals surface area contributed by atoms with Gasteiger partial charge >= 0.3 is 0 Å². The molecule has 0 unspecified atom stereocenters. The highest BCUT2D eigenvalue weighted by Crippen LogP contribution is 2.23. The van der Waals surface area contributed by atoms with E-state index in [4.69, 9.17) is 9.47 Å². The molecule has 0 bridgehead atoms. The van der Waals surface area contributed by atoms with Crippen molar-refractivity contribution in [3.8, 4) is 0 Å². The Hall–Kier alpha value is -1.44. The van der Waals surface area contributed by atoms with E-state index in [2.05, 4.69) is 10.6 Å². The predicted octanol–water partition coefficient (Wildman–Crippen LogP) is 1.30. The molecule has 7 heteroatoms. The van der Waals surface area contributed by atoms with E-state index in [-0.39, 0.29) is 42.9 Å². The van der Waals surface area contributed by atoms with E-state index in [9.17, 15) is 14.7 Å². The van der Waals surface area contributed by atoms with Gasteiger partial charge in [-0.05, 0) is 31.6 Å². The van der Waals surface area contributed by atoms with Gasteiger partial charge in [0.05, 0.1) is 25.2 Å². The fourth-order valence-electron chi connectivity index (χ4n) is 4.28. The van der Waals surface area contributed by atoms with E-state index in [1.807, 2.05) is 12.2 Å². The lowest BCUT2D eigenvalue weighted by molar-refractivity contribution is -0.132. The number of aliphatic hydroxyl groups excluding tert-OH is 1. The second-order valence-corrected chi connectivity index (χ2v) is 8.21. The Morgan fingerprint density at radius 2 is 1.79 bits per heavy atom. The standard InChI is InChI=1S/C21H34N2O5/c24-14-19-18(23-21(26)16-8-10-27-11-9-16)7-6-17(28-19)12-20(25)22-13-15-4-2-1-3-5-15/h6-7,15-19,24H,1-5,8-14H2,(H,22,25)(H,23,26)/t17-,18+,19+/m1/s1. The van der Waals surface area contributed by atoms with Crippen LogP contribution < -0.4 is 10.6 Å². The Bertz CT molecular complexity index is 541. The van der Waals surface area contributed by atoms with Crippen LogP contribution in [0.25, 0.3) is 0 Å². The van der Waals surface area contributed by atoms with Crippen LogP contribution in [0.2, 0.25) is 0 Å². The second-order valence-electron chi connectivity index (χ2n) is 8.21. The zero-order valence-electron chi connectivity index (χ0n) is 16.6. The highest BCUT2D eigenvalue weighted by atomic mass is 16.5. The van der Waals surface area contributed by atoms with Crippen LogP contribution >= 0.6 is 0 Å². The monoisotopic (exact) mass is 394 g/mol. The molecule has 3 atom stereocenters. The minimum absolute atomic E-state index is 0.0244. The Kier molecular flexibility index (Phi) is 8.30. The average Bonchev–Trinajstić information content (AvgIpc) is 2.74. The largest absolute Gasteiger partial charge is 0.394 e. The molecule has 0 spiro atoms. The summed E-state index contributed by atoms with van der Waals surface area (Å²) in [4.78, 5) is 24.7. The number of aliphatic hydroxyl groups is 1. The van der Waals surface area contributed by atoms with Crippen LogP contribution in [-0.4, -0.2) is 61.5 Å². The number of ether oxygens (including phenoxy) is 2. The van der Waals surface area contributed by atoms with E-state index in [0.29, 0.717) is 19.1 Å². The molecule has 1 aliphatic carbocycles. The number of hydrogen-bond donors (Lipinski definition) is 3. The number of carbonyl (C=O) groups excluding carboxylic acids is 2.